The zero-order valence-corrected chi connectivity index (χ0v) is 7.88. The Morgan fingerprint density at radius 3 is 2.71 bits per heavy atom. The fourth-order valence-electron chi connectivity index (χ4n) is 1.01. The summed E-state index contributed by atoms with van der Waals surface area (Å²) in [5.41, 5.74) is 0.190. The van der Waals surface area contributed by atoms with Crippen LogP contribution in [0, 0.1) is 5.82 Å². The SMILES string of the molecule is O=C(O)CCc1cc(Cl)c(O)cc1F. The quantitative estimate of drug-likeness (QED) is 0.818. The summed E-state index contributed by atoms with van der Waals surface area (Å²) in [7, 11) is 0. The van der Waals surface area contributed by atoms with Crippen molar-refractivity contribution in [3.8, 4) is 5.75 Å². The van der Waals surface area contributed by atoms with Gasteiger partial charge in [0.15, 0.2) is 0 Å². The van der Waals surface area contributed by atoms with E-state index in [4.69, 9.17) is 21.8 Å². The lowest BCUT2D eigenvalue weighted by atomic mass is 10.1. The lowest BCUT2D eigenvalue weighted by Crippen LogP contribution is -1.99. The van der Waals surface area contributed by atoms with Crippen LogP contribution in [0.2, 0.25) is 5.02 Å². The summed E-state index contributed by atoms with van der Waals surface area (Å²) >= 11 is 5.54. The number of carboxylic acid groups (broad SMARTS) is 1. The first-order chi connectivity index (χ1) is 6.50. The van der Waals surface area contributed by atoms with E-state index < -0.39 is 11.8 Å². The lowest BCUT2D eigenvalue weighted by Gasteiger charge is -2.03. The van der Waals surface area contributed by atoms with Crippen LogP contribution in [0.25, 0.3) is 0 Å². The van der Waals surface area contributed by atoms with Crippen LogP contribution in [-0.2, 0) is 11.2 Å². The van der Waals surface area contributed by atoms with Crippen molar-refractivity contribution in [3.05, 3.63) is 28.5 Å². The minimum atomic E-state index is -1.01. The highest BCUT2D eigenvalue weighted by Crippen LogP contribution is 2.26. The number of aryl methyl sites for hydroxylation is 1. The maximum Gasteiger partial charge on any atom is 0.303 e. The first kappa shape index (κ1) is 10.8. The third-order valence-corrected chi connectivity index (χ3v) is 2.03. The van der Waals surface area contributed by atoms with Crippen LogP contribution in [0.3, 0.4) is 0 Å². The number of rotatable bonds is 3. The van der Waals surface area contributed by atoms with Crippen LogP contribution in [0.5, 0.6) is 5.75 Å². The molecular formula is C9H8ClFO3. The summed E-state index contributed by atoms with van der Waals surface area (Å²) in [4.78, 5) is 10.2. The minimum Gasteiger partial charge on any atom is -0.506 e. The van der Waals surface area contributed by atoms with Crippen LogP contribution in [-0.4, -0.2) is 16.2 Å². The first-order valence-corrected chi connectivity index (χ1v) is 4.27. The van der Waals surface area contributed by atoms with Gasteiger partial charge in [-0.15, -0.1) is 0 Å². The standard InChI is InChI=1S/C9H8ClFO3/c10-6-3-5(1-2-9(13)14)7(11)4-8(6)12/h3-4,12H,1-2H2,(H,13,14). The Morgan fingerprint density at radius 1 is 1.50 bits per heavy atom. The van der Waals surface area contributed by atoms with Crippen molar-refractivity contribution in [2.75, 3.05) is 0 Å². The molecule has 0 heterocycles. The average molecular weight is 219 g/mol. The molecule has 0 saturated carbocycles. The van der Waals surface area contributed by atoms with Crippen LogP contribution in [0.1, 0.15) is 12.0 Å². The average Bonchev–Trinajstić information content (AvgIpc) is 2.09. The molecule has 1 rings (SSSR count). The molecule has 0 amide bonds. The Bertz CT molecular complexity index is 365. The molecule has 5 heteroatoms. The van der Waals surface area contributed by atoms with E-state index in [1.165, 1.54) is 6.07 Å². The Kier molecular flexibility index (Phi) is 3.30. The fraction of sp³-hybridized carbons (Fsp3) is 0.222. The molecule has 0 aliphatic rings. The number of halogens is 2. The largest absolute Gasteiger partial charge is 0.506 e. The second-order valence-corrected chi connectivity index (χ2v) is 3.20. The second kappa shape index (κ2) is 4.28. The van der Waals surface area contributed by atoms with Gasteiger partial charge in [0.05, 0.1) is 5.02 Å². The molecule has 0 spiro atoms. The summed E-state index contributed by atoms with van der Waals surface area (Å²) in [6.07, 6.45) is -0.112. The van der Waals surface area contributed by atoms with Gasteiger partial charge in [0.25, 0.3) is 0 Å². The molecule has 0 atom stereocenters. The predicted molar refractivity (Wildman–Crippen MR) is 49.0 cm³/mol. The molecule has 76 valence electrons. The minimum absolute atomic E-state index is 0.0202. The molecule has 0 fully saturated rings. The first-order valence-electron chi connectivity index (χ1n) is 3.89. The van der Waals surface area contributed by atoms with E-state index in [1.807, 2.05) is 0 Å². The van der Waals surface area contributed by atoms with Gasteiger partial charge in [-0.1, -0.05) is 11.6 Å². The molecule has 0 saturated heterocycles. The van der Waals surface area contributed by atoms with Crippen molar-refractivity contribution >= 4 is 17.6 Å². The highest BCUT2D eigenvalue weighted by molar-refractivity contribution is 6.32. The fourth-order valence-corrected chi connectivity index (χ4v) is 1.20. The number of phenolic OH excluding ortho intramolecular Hbond substituents is 1. The maximum atomic E-state index is 13.1. The number of carboxylic acids is 1. The van der Waals surface area contributed by atoms with Gasteiger partial charge in [-0.3, -0.25) is 4.79 Å². The second-order valence-electron chi connectivity index (χ2n) is 2.79. The number of hydrogen-bond acceptors (Lipinski definition) is 2. The zero-order chi connectivity index (χ0) is 10.7. The van der Waals surface area contributed by atoms with Gasteiger partial charge in [-0.05, 0) is 18.1 Å². The Morgan fingerprint density at radius 2 is 2.14 bits per heavy atom. The van der Waals surface area contributed by atoms with Gasteiger partial charge in [0, 0.05) is 12.5 Å². The third kappa shape index (κ3) is 2.60. The van der Waals surface area contributed by atoms with Crippen molar-refractivity contribution < 1.29 is 19.4 Å². The van der Waals surface area contributed by atoms with Crippen LogP contribution < -0.4 is 0 Å². The van der Waals surface area contributed by atoms with Crippen LogP contribution in [0.4, 0.5) is 4.39 Å². The van der Waals surface area contributed by atoms with E-state index in [9.17, 15) is 9.18 Å². The van der Waals surface area contributed by atoms with E-state index in [0.29, 0.717) is 0 Å². The summed E-state index contributed by atoms with van der Waals surface area (Å²) < 4.78 is 13.1. The van der Waals surface area contributed by atoms with Gasteiger partial charge >= 0.3 is 5.97 Å². The molecule has 3 nitrogen and oxygen atoms in total. The smallest absolute Gasteiger partial charge is 0.303 e. The van der Waals surface area contributed by atoms with E-state index in [2.05, 4.69) is 0 Å². The normalized spacial score (nSPS) is 10.1. The van der Waals surface area contributed by atoms with Gasteiger partial charge in [0.2, 0.25) is 0 Å². The number of aromatic hydroxyl groups is 1. The molecular weight excluding hydrogens is 211 g/mol. The Labute approximate surface area is 84.7 Å². The van der Waals surface area contributed by atoms with E-state index in [-0.39, 0.29) is 29.2 Å². The zero-order valence-electron chi connectivity index (χ0n) is 7.13. The molecule has 0 aromatic heterocycles. The van der Waals surface area contributed by atoms with E-state index >= 15 is 0 Å². The summed E-state index contributed by atoms with van der Waals surface area (Å²) in [5, 5.41) is 17.4. The molecule has 0 bridgehead atoms. The topological polar surface area (TPSA) is 57.5 Å². The predicted octanol–water partition coefficient (Wildman–Crippen LogP) is 2.20. The molecule has 0 unspecified atom stereocenters. The maximum absolute atomic E-state index is 13.1. The van der Waals surface area contributed by atoms with E-state index in [1.54, 1.807) is 0 Å². The van der Waals surface area contributed by atoms with Gasteiger partial charge in [0.1, 0.15) is 11.6 Å². The van der Waals surface area contributed by atoms with Crippen molar-refractivity contribution in [2.45, 2.75) is 12.8 Å². The number of benzene rings is 1. The van der Waals surface area contributed by atoms with Crippen molar-refractivity contribution in [1.29, 1.82) is 0 Å². The van der Waals surface area contributed by atoms with Crippen molar-refractivity contribution in [3.63, 3.8) is 0 Å². The number of phenols is 1. The summed E-state index contributed by atoms with van der Waals surface area (Å²) in [6.45, 7) is 0. The van der Waals surface area contributed by atoms with Gasteiger partial charge < -0.3 is 10.2 Å². The summed E-state index contributed by atoms with van der Waals surface area (Å²) in [5.74, 6) is -2.00. The van der Waals surface area contributed by atoms with Gasteiger partial charge in [-0.25, -0.2) is 4.39 Å². The Hall–Kier alpha value is -1.29. The molecule has 0 aliphatic carbocycles. The Balaban J connectivity index is 2.87. The molecule has 2 N–H and O–H groups in total. The van der Waals surface area contributed by atoms with Crippen LogP contribution in [0.15, 0.2) is 12.1 Å². The number of aliphatic carboxylic acids is 1. The monoisotopic (exact) mass is 218 g/mol. The molecule has 14 heavy (non-hydrogen) atoms. The molecule has 0 radical (unpaired) electrons. The lowest BCUT2D eigenvalue weighted by molar-refractivity contribution is -0.136. The van der Waals surface area contributed by atoms with Crippen LogP contribution >= 0.6 is 11.6 Å². The number of carbonyl (C=O) groups is 1. The molecule has 0 aliphatic heterocycles. The van der Waals surface area contributed by atoms with Crippen molar-refractivity contribution in [2.24, 2.45) is 0 Å². The third-order valence-electron chi connectivity index (χ3n) is 1.72. The highest BCUT2D eigenvalue weighted by Gasteiger charge is 2.09. The number of hydrogen-bond donors (Lipinski definition) is 2. The highest BCUT2D eigenvalue weighted by atomic mass is 35.5. The van der Waals surface area contributed by atoms with Gasteiger partial charge in [-0.2, -0.15) is 0 Å². The summed E-state index contributed by atoms with van der Waals surface area (Å²) in [6, 6.07) is 2.11. The molecule has 1 aromatic carbocycles. The molecule has 1 aromatic rings. The van der Waals surface area contributed by atoms with Crippen molar-refractivity contribution in [1.82, 2.24) is 0 Å². The van der Waals surface area contributed by atoms with E-state index in [0.717, 1.165) is 6.07 Å².